The van der Waals surface area contributed by atoms with E-state index in [1.165, 1.54) is 0 Å². The summed E-state index contributed by atoms with van der Waals surface area (Å²) >= 11 is 5.73. The first kappa shape index (κ1) is 11.4. The Balaban J connectivity index is 2.07. The van der Waals surface area contributed by atoms with Gasteiger partial charge in [0.1, 0.15) is 16.6 Å². The number of amides is 1. The minimum Gasteiger partial charge on any atom is -0.365 e. The van der Waals surface area contributed by atoms with E-state index < -0.39 is 5.60 Å². The van der Waals surface area contributed by atoms with Crippen LogP contribution in [-0.2, 0) is 9.53 Å². The van der Waals surface area contributed by atoms with Crippen LogP contribution in [0, 0.1) is 0 Å². The number of rotatable bonds is 2. The molecule has 1 N–H and O–H groups in total. The van der Waals surface area contributed by atoms with Crippen molar-refractivity contribution in [2.24, 2.45) is 0 Å². The van der Waals surface area contributed by atoms with Crippen molar-refractivity contribution < 1.29 is 9.53 Å². The molecule has 0 spiro atoms. The lowest BCUT2D eigenvalue weighted by atomic mass is 10.0. The fourth-order valence-corrected chi connectivity index (χ4v) is 1.85. The van der Waals surface area contributed by atoms with E-state index in [2.05, 4.69) is 10.3 Å². The van der Waals surface area contributed by atoms with E-state index in [4.69, 9.17) is 16.3 Å². The third-order valence-electron chi connectivity index (χ3n) is 2.66. The van der Waals surface area contributed by atoms with Crippen LogP contribution in [0.2, 0.25) is 5.15 Å². The van der Waals surface area contributed by atoms with E-state index in [9.17, 15) is 4.79 Å². The van der Waals surface area contributed by atoms with Gasteiger partial charge in [-0.2, -0.15) is 0 Å². The van der Waals surface area contributed by atoms with Gasteiger partial charge >= 0.3 is 0 Å². The van der Waals surface area contributed by atoms with E-state index in [-0.39, 0.29) is 5.91 Å². The fraction of sp³-hybridized carbons (Fsp3) is 0.455. The summed E-state index contributed by atoms with van der Waals surface area (Å²) in [5.41, 5.74) is -0.732. The lowest BCUT2D eigenvalue weighted by Crippen LogP contribution is -2.39. The van der Waals surface area contributed by atoms with Crippen molar-refractivity contribution in [3.05, 3.63) is 23.4 Å². The zero-order valence-corrected chi connectivity index (χ0v) is 9.75. The maximum Gasteiger partial charge on any atom is 0.257 e. The summed E-state index contributed by atoms with van der Waals surface area (Å²) in [4.78, 5) is 15.9. The standard InChI is InChI=1S/C11H13ClN2O2/c1-11(6-3-7-16-11)10(15)14-9-5-2-4-8(12)13-9/h2,4-5H,3,6-7H2,1H3,(H,13,14,15). The van der Waals surface area contributed by atoms with Gasteiger partial charge in [-0.25, -0.2) is 4.98 Å². The third-order valence-corrected chi connectivity index (χ3v) is 2.87. The van der Waals surface area contributed by atoms with Gasteiger partial charge in [0.25, 0.3) is 5.91 Å². The Hall–Kier alpha value is -1.13. The van der Waals surface area contributed by atoms with Crippen LogP contribution < -0.4 is 5.32 Å². The Morgan fingerprint density at radius 1 is 1.62 bits per heavy atom. The second kappa shape index (κ2) is 4.39. The van der Waals surface area contributed by atoms with E-state index in [0.717, 1.165) is 12.8 Å². The lowest BCUT2D eigenvalue weighted by Gasteiger charge is -2.21. The van der Waals surface area contributed by atoms with Gasteiger partial charge < -0.3 is 10.1 Å². The molecule has 0 saturated carbocycles. The minimum atomic E-state index is -0.732. The summed E-state index contributed by atoms with van der Waals surface area (Å²) in [6.45, 7) is 2.42. The summed E-state index contributed by atoms with van der Waals surface area (Å²) in [6, 6.07) is 5.09. The molecule has 1 saturated heterocycles. The highest BCUT2D eigenvalue weighted by atomic mass is 35.5. The fourth-order valence-electron chi connectivity index (χ4n) is 1.68. The Morgan fingerprint density at radius 3 is 3.06 bits per heavy atom. The van der Waals surface area contributed by atoms with Crippen molar-refractivity contribution in [1.29, 1.82) is 0 Å². The number of nitrogens with zero attached hydrogens (tertiary/aromatic N) is 1. The molecule has 1 aliphatic heterocycles. The molecule has 1 unspecified atom stereocenters. The average molecular weight is 241 g/mol. The van der Waals surface area contributed by atoms with Crippen LogP contribution >= 0.6 is 11.6 Å². The third kappa shape index (κ3) is 2.33. The molecule has 0 aromatic carbocycles. The summed E-state index contributed by atoms with van der Waals surface area (Å²) in [7, 11) is 0. The Morgan fingerprint density at radius 2 is 2.44 bits per heavy atom. The number of nitrogens with one attached hydrogen (secondary N) is 1. The van der Waals surface area contributed by atoms with Gasteiger partial charge in [0, 0.05) is 6.61 Å². The maximum absolute atomic E-state index is 11.9. The molecule has 0 radical (unpaired) electrons. The zero-order chi connectivity index (χ0) is 11.6. The van der Waals surface area contributed by atoms with Crippen LogP contribution in [-0.4, -0.2) is 23.1 Å². The molecular formula is C11H13ClN2O2. The number of hydrogen-bond acceptors (Lipinski definition) is 3. The smallest absolute Gasteiger partial charge is 0.257 e. The maximum atomic E-state index is 11.9. The molecule has 5 heteroatoms. The van der Waals surface area contributed by atoms with E-state index in [1.54, 1.807) is 25.1 Å². The van der Waals surface area contributed by atoms with Crippen LogP contribution in [0.4, 0.5) is 5.82 Å². The second-order valence-corrected chi connectivity index (χ2v) is 4.37. The summed E-state index contributed by atoms with van der Waals surface area (Å²) in [5, 5.41) is 3.06. The molecule has 2 heterocycles. The molecule has 1 amide bonds. The van der Waals surface area contributed by atoms with Crippen molar-refractivity contribution in [2.45, 2.75) is 25.4 Å². The molecule has 1 fully saturated rings. The van der Waals surface area contributed by atoms with Gasteiger partial charge in [0.05, 0.1) is 0 Å². The minimum absolute atomic E-state index is 0.167. The second-order valence-electron chi connectivity index (χ2n) is 3.98. The first-order valence-electron chi connectivity index (χ1n) is 5.18. The highest BCUT2D eigenvalue weighted by molar-refractivity contribution is 6.29. The molecule has 0 aliphatic carbocycles. The van der Waals surface area contributed by atoms with Crippen molar-refractivity contribution in [3.8, 4) is 0 Å². The number of hydrogen-bond donors (Lipinski definition) is 1. The van der Waals surface area contributed by atoms with Gasteiger partial charge in [-0.15, -0.1) is 0 Å². The zero-order valence-electron chi connectivity index (χ0n) is 9.00. The molecule has 4 nitrogen and oxygen atoms in total. The van der Waals surface area contributed by atoms with Gasteiger partial charge in [0.2, 0.25) is 0 Å². The molecule has 86 valence electrons. The van der Waals surface area contributed by atoms with Crippen molar-refractivity contribution in [2.75, 3.05) is 11.9 Å². The molecule has 0 bridgehead atoms. The highest BCUT2D eigenvalue weighted by Gasteiger charge is 2.37. The summed E-state index contributed by atoms with van der Waals surface area (Å²) < 4.78 is 5.43. The molecule has 1 aromatic rings. The van der Waals surface area contributed by atoms with Crippen molar-refractivity contribution >= 4 is 23.3 Å². The van der Waals surface area contributed by atoms with Gasteiger partial charge in [-0.05, 0) is 31.9 Å². The van der Waals surface area contributed by atoms with Crippen molar-refractivity contribution in [3.63, 3.8) is 0 Å². The Bertz CT molecular complexity index is 403. The van der Waals surface area contributed by atoms with Crippen LogP contribution in [0.3, 0.4) is 0 Å². The predicted octanol–water partition coefficient (Wildman–Crippen LogP) is 2.24. The molecule has 2 rings (SSSR count). The monoisotopic (exact) mass is 240 g/mol. The SMILES string of the molecule is CC1(C(=O)Nc2cccc(Cl)n2)CCCO1. The molecule has 16 heavy (non-hydrogen) atoms. The molecule has 1 atom stereocenters. The van der Waals surface area contributed by atoms with E-state index >= 15 is 0 Å². The van der Waals surface area contributed by atoms with Crippen LogP contribution in [0.15, 0.2) is 18.2 Å². The largest absolute Gasteiger partial charge is 0.365 e. The van der Waals surface area contributed by atoms with Gasteiger partial charge in [0.15, 0.2) is 0 Å². The quantitative estimate of drug-likeness (QED) is 0.807. The van der Waals surface area contributed by atoms with Crippen LogP contribution in [0.25, 0.3) is 0 Å². The first-order chi connectivity index (χ1) is 7.60. The van der Waals surface area contributed by atoms with Crippen LogP contribution in [0.5, 0.6) is 0 Å². The Kier molecular flexibility index (Phi) is 3.12. The first-order valence-corrected chi connectivity index (χ1v) is 5.56. The number of pyridine rings is 1. The van der Waals surface area contributed by atoms with Gasteiger partial charge in [-0.3, -0.25) is 4.79 Å². The van der Waals surface area contributed by atoms with Crippen molar-refractivity contribution in [1.82, 2.24) is 4.98 Å². The van der Waals surface area contributed by atoms with E-state index in [1.807, 2.05) is 0 Å². The number of carbonyl (C=O) groups is 1. The summed E-state index contributed by atoms with van der Waals surface area (Å²) in [6.07, 6.45) is 1.65. The number of anilines is 1. The average Bonchev–Trinajstić information content (AvgIpc) is 2.66. The molecule has 1 aromatic heterocycles. The topological polar surface area (TPSA) is 51.2 Å². The normalized spacial score (nSPS) is 24.4. The molecular weight excluding hydrogens is 228 g/mol. The summed E-state index contributed by atoms with van der Waals surface area (Å²) in [5.74, 6) is 0.286. The number of aromatic nitrogens is 1. The number of ether oxygens (including phenoxy) is 1. The number of carbonyl (C=O) groups excluding carboxylic acids is 1. The Labute approximate surface area is 99.0 Å². The van der Waals surface area contributed by atoms with Crippen LogP contribution in [0.1, 0.15) is 19.8 Å². The predicted molar refractivity (Wildman–Crippen MR) is 61.5 cm³/mol. The van der Waals surface area contributed by atoms with E-state index in [0.29, 0.717) is 17.6 Å². The highest BCUT2D eigenvalue weighted by Crippen LogP contribution is 2.26. The lowest BCUT2D eigenvalue weighted by molar-refractivity contribution is -0.133. The molecule has 1 aliphatic rings. The van der Waals surface area contributed by atoms with Gasteiger partial charge in [-0.1, -0.05) is 17.7 Å². The number of halogens is 1.